The maximum Gasteiger partial charge on any atom is 0.469 e. The first kappa shape index (κ1) is 26.8. The lowest BCUT2D eigenvalue weighted by atomic mass is 10.1. The molecule has 0 rings (SSSR count). The lowest BCUT2D eigenvalue weighted by Gasteiger charge is -2.18. The molecule has 0 aliphatic heterocycles. The number of ether oxygens (including phenoxy) is 2. The molecule has 0 radical (unpaired) electrons. The quantitative estimate of drug-likeness (QED) is 0.147. The molecule has 0 spiro atoms. The second-order valence-corrected chi connectivity index (χ2v) is 7.87. The summed E-state index contributed by atoms with van der Waals surface area (Å²) in [6.07, 6.45) is 9.56. The van der Waals surface area contributed by atoms with E-state index in [1.54, 1.807) is 0 Å². The van der Waals surface area contributed by atoms with Gasteiger partial charge in [-0.05, 0) is 25.7 Å². The molecule has 0 saturated carbocycles. The van der Waals surface area contributed by atoms with Crippen LogP contribution in [0.25, 0.3) is 0 Å². The third kappa shape index (κ3) is 18.2. The van der Waals surface area contributed by atoms with Gasteiger partial charge in [-0.3, -0.25) is 14.1 Å². The van der Waals surface area contributed by atoms with E-state index in [4.69, 9.17) is 19.3 Å². The Morgan fingerprint density at radius 2 is 1.57 bits per heavy atom. The van der Waals surface area contributed by atoms with Crippen LogP contribution >= 0.6 is 7.82 Å². The van der Waals surface area contributed by atoms with Gasteiger partial charge in [0, 0.05) is 12.8 Å². The van der Waals surface area contributed by atoms with Gasteiger partial charge in [-0.2, -0.15) is 0 Å². The molecule has 0 aromatic carbocycles. The molecule has 164 valence electrons. The van der Waals surface area contributed by atoms with E-state index < -0.39 is 32.5 Å². The van der Waals surface area contributed by atoms with E-state index in [0.717, 1.165) is 44.9 Å². The zero-order valence-corrected chi connectivity index (χ0v) is 17.7. The minimum absolute atomic E-state index is 0.193. The summed E-state index contributed by atoms with van der Waals surface area (Å²) in [6.45, 7) is 4.85. The number of hydrogen-bond donors (Lipinski definition) is 2. The first-order chi connectivity index (χ1) is 13.3. The number of rotatable bonds is 18. The van der Waals surface area contributed by atoms with Crippen LogP contribution in [0.4, 0.5) is 0 Å². The Kier molecular flexibility index (Phi) is 16.0. The fourth-order valence-corrected chi connectivity index (χ4v) is 2.77. The molecule has 0 unspecified atom stereocenters. The van der Waals surface area contributed by atoms with E-state index in [-0.39, 0.29) is 19.4 Å². The van der Waals surface area contributed by atoms with Crippen molar-refractivity contribution in [2.24, 2.45) is 0 Å². The molecule has 8 nitrogen and oxygen atoms in total. The van der Waals surface area contributed by atoms with Crippen LogP contribution in [-0.4, -0.2) is 41.0 Å². The van der Waals surface area contributed by atoms with Crippen molar-refractivity contribution in [1.82, 2.24) is 0 Å². The highest BCUT2D eigenvalue weighted by atomic mass is 31.2. The van der Waals surface area contributed by atoms with Crippen LogP contribution in [-0.2, 0) is 28.2 Å². The van der Waals surface area contributed by atoms with Gasteiger partial charge < -0.3 is 19.3 Å². The first-order valence-electron chi connectivity index (χ1n) is 9.94. The molecule has 1 atom stereocenters. The number of phosphoric acid groups is 1. The van der Waals surface area contributed by atoms with Crippen molar-refractivity contribution in [3.63, 3.8) is 0 Å². The molecule has 28 heavy (non-hydrogen) atoms. The molecule has 0 aromatic rings. The largest absolute Gasteiger partial charge is 0.469 e. The fourth-order valence-electron chi connectivity index (χ4n) is 2.41. The molecule has 2 N–H and O–H groups in total. The van der Waals surface area contributed by atoms with E-state index in [2.05, 4.69) is 11.1 Å². The number of unbranched alkanes of at least 4 members (excludes halogenated alkanes) is 7. The molecule has 0 heterocycles. The maximum atomic E-state index is 11.9. The van der Waals surface area contributed by atoms with Crippen molar-refractivity contribution < 1.29 is 37.9 Å². The van der Waals surface area contributed by atoms with E-state index in [9.17, 15) is 14.2 Å². The number of hydrogen-bond acceptors (Lipinski definition) is 6. The summed E-state index contributed by atoms with van der Waals surface area (Å²) in [7, 11) is -4.71. The normalized spacial score (nSPS) is 12.4. The molecule has 0 amide bonds. The maximum absolute atomic E-state index is 11.9. The van der Waals surface area contributed by atoms with Gasteiger partial charge in [-0.15, -0.1) is 6.58 Å². The Hall–Kier alpha value is -1.21. The van der Waals surface area contributed by atoms with Crippen LogP contribution < -0.4 is 0 Å². The van der Waals surface area contributed by atoms with Gasteiger partial charge in [-0.25, -0.2) is 4.57 Å². The van der Waals surface area contributed by atoms with Crippen molar-refractivity contribution in [2.75, 3.05) is 13.2 Å². The highest BCUT2D eigenvalue weighted by Gasteiger charge is 2.22. The fraction of sp³-hybridized carbons (Fsp3) is 0.789. The second-order valence-electron chi connectivity index (χ2n) is 6.63. The van der Waals surface area contributed by atoms with Crippen LogP contribution in [0.15, 0.2) is 12.7 Å². The van der Waals surface area contributed by atoms with Crippen molar-refractivity contribution in [3.05, 3.63) is 12.7 Å². The third-order valence-corrected chi connectivity index (χ3v) is 4.42. The van der Waals surface area contributed by atoms with Gasteiger partial charge in [0.25, 0.3) is 0 Å². The highest BCUT2D eigenvalue weighted by Crippen LogP contribution is 2.35. The molecular weight excluding hydrogens is 387 g/mol. The summed E-state index contributed by atoms with van der Waals surface area (Å²) < 4.78 is 25.5. The first-order valence-corrected chi connectivity index (χ1v) is 11.5. The number of esters is 2. The smallest absolute Gasteiger partial charge is 0.462 e. The summed E-state index contributed by atoms with van der Waals surface area (Å²) in [4.78, 5) is 41.2. The Balaban J connectivity index is 4.24. The molecule has 9 heteroatoms. The van der Waals surface area contributed by atoms with Crippen LogP contribution in [0.1, 0.15) is 77.6 Å². The molecule has 0 aliphatic rings. The average molecular weight is 422 g/mol. The zero-order valence-electron chi connectivity index (χ0n) is 16.8. The van der Waals surface area contributed by atoms with Gasteiger partial charge in [-0.1, -0.05) is 45.1 Å². The number of phosphoric ester groups is 1. The number of allylic oxidation sites excluding steroid dienone is 1. The van der Waals surface area contributed by atoms with Crippen LogP contribution in [0, 0.1) is 0 Å². The average Bonchev–Trinajstić information content (AvgIpc) is 2.62. The Bertz CT molecular complexity index is 488. The van der Waals surface area contributed by atoms with Crippen molar-refractivity contribution in [3.8, 4) is 0 Å². The minimum Gasteiger partial charge on any atom is -0.462 e. The molecule has 0 aliphatic carbocycles. The third-order valence-electron chi connectivity index (χ3n) is 3.93. The molecule has 0 fully saturated rings. The van der Waals surface area contributed by atoms with Crippen molar-refractivity contribution in [1.29, 1.82) is 0 Å². The van der Waals surface area contributed by atoms with Gasteiger partial charge >= 0.3 is 19.8 Å². The Morgan fingerprint density at radius 3 is 2.21 bits per heavy atom. The van der Waals surface area contributed by atoms with E-state index in [1.807, 2.05) is 13.0 Å². The van der Waals surface area contributed by atoms with Crippen molar-refractivity contribution in [2.45, 2.75) is 83.7 Å². The summed E-state index contributed by atoms with van der Waals surface area (Å²) in [6, 6.07) is 0. The monoisotopic (exact) mass is 422 g/mol. The minimum atomic E-state index is -4.71. The van der Waals surface area contributed by atoms with Gasteiger partial charge in [0.15, 0.2) is 6.10 Å². The summed E-state index contributed by atoms with van der Waals surface area (Å²) in [5, 5.41) is 0. The summed E-state index contributed by atoms with van der Waals surface area (Å²) in [5.74, 6) is -0.947. The predicted molar refractivity (Wildman–Crippen MR) is 105 cm³/mol. The van der Waals surface area contributed by atoms with Gasteiger partial charge in [0.1, 0.15) is 6.61 Å². The zero-order chi connectivity index (χ0) is 21.3. The van der Waals surface area contributed by atoms with E-state index in [1.165, 1.54) is 0 Å². The predicted octanol–water partition coefficient (Wildman–Crippen LogP) is 4.05. The lowest BCUT2D eigenvalue weighted by Crippen LogP contribution is -2.29. The summed E-state index contributed by atoms with van der Waals surface area (Å²) >= 11 is 0. The Morgan fingerprint density at radius 1 is 0.964 bits per heavy atom. The Labute approximate surface area is 167 Å². The van der Waals surface area contributed by atoms with Crippen LogP contribution in [0.2, 0.25) is 0 Å². The standard InChI is InChI=1S/C19H35O8P/c1-3-5-7-8-9-10-12-14-19(21)27-17(16-26-28(22,23)24)15-25-18(20)13-11-6-4-2/h3,17H,1,4-16H2,2H3,(H2,22,23,24)/t17-/m0/s1. The SMILES string of the molecule is C=CCCCCCCCC(=O)O[C@@H](COC(=O)CCCCC)COP(=O)(O)O. The van der Waals surface area contributed by atoms with Gasteiger partial charge in [0.05, 0.1) is 6.61 Å². The van der Waals surface area contributed by atoms with Crippen LogP contribution in [0.5, 0.6) is 0 Å². The molecule has 0 aromatic heterocycles. The van der Waals surface area contributed by atoms with E-state index >= 15 is 0 Å². The van der Waals surface area contributed by atoms with Crippen molar-refractivity contribution >= 4 is 19.8 Å². The van der Waals surface area contributed by atoms with Gasteiger partial charge in [0.2, 0.25) is 0 Å². The summed E-state index contributed by atoms with van der Waals surface area (Å²) in [5.41, 5.74) is 0. The lowest BCUT2D eigenvalue weighted by molar-refractivity contribution is -0.161. The topological polar surface area (TPSA) is 119 Å². The number of carbonyl (C=O) groups is 2. The second kappa shape index (κ2) is 16.7. The molecular formula is C19H35O8P. The van der Waals surface area contributed by atoms with Crippen LogP contribution in [0.3, 0.4) is 0 Å². The highest BCUT2D eigenvalue weighted by molar-refractivity contribution is 7.46. The number of carbonyl (C=O) groups excluding carboxylic acids is 2. The molecule has 0 bridgehead atoms. The van der Waals surface area contributed by atoms with E-state index in [0.29, 0.717) is 12.8 Å². The molecule has 0 saturated heterocycles.